The molecule has 0 bridgehead atoms. The summed E-state index contributed by atoms with van der Waals surface area (Å²) >= 11 is 6.09. The molecule has 1 heterocycles. The fourth-order valence-electron chi connectivity index (χ4n) is 3.03. The molecule has 0 amide bonds. The van der Waals surface area contributed by atoms with Crippen molar-refractivity contribution in [2.45, 2.75) is 32.7 Å². The van der Waals surface area contributed by atoms with Gasteiger partial charge in [0.1, 0.15) is 0 Å². The molecule has 0 aromatic heterocycles. The van der Waals surface area contributed by atoms with E-state index in [1.807, 2.05) is 12.1 Å². The van der Waals surface area contributed by atoms with E-state index in [2.05, 4.69) is 43.2 Å². The Morgan fingerprint density at radius 1 is 1.47 bits per heavy atom. The van der Waals surface area contributed by atoms with Crippen molar-refractivity contribution in [3.05, 3.63) is 34.9 Å². The van der Waals surface area contributed by atoms with Crippen molar-refractivity contribution in [3.63, 3.8) is 0 Å². The summed E-state index contributed by atoms with van der Waals surface area (Å²) in [4.78, 5) is 2.46. The molecule has 106 valence electrons. The van der Waals surface area contributed by atoms with Crippen LogP contribution in [0.25, 0.3) is 0 Å². The first-order valence-electron chi connectivity index (χ1n) is 7.23. The summed E-state index contributed by atoms with van der Waals surface area (Å²) in [5.74, 6) is 0. The van der Waals surface area contributed by atoms with Gasteiger partial charge in [-0.2, -0.15) is 0 Å². The van der Waals surface area contributed by atoms with Crippen LogP contribution in [0.1, 0.15) is 38.3 Å². The average Bonchev–Trinajstić information content (AvgIpc) is 2.87. The smallest absolute Gasteiger partial charge is 0.0409 e. The van der Waals surface area contributed by atoms with Gasteiger partial charge >= 0.3 is 0 Å². The summed E-state index contributed by atoms with van der Waals surface area (Å²) in [7, 11) is 2.22. The number of halogens is 1. The number of rotatable bonds is 5. The van der Waals surface area contributed by atoms with E-state index < -0.39 is 0 Å². The Morgan fingerprint density at radius 2 is 2.26 bits per heavy atom. The number of hydrogen-bond donors (Lipinski definition) is 1. The lowest BCUT2D eigenvalue weighted by Gasteiger charge is -2.35. The minimum absolute atomic E-state index is 0.405. The second kappa shape index (κ2) is 6.25. The van der Waals surface area contributed by atoms with Crippen molar-refractivity contribution < 1.29 is 0 Å². The van der Waals surface area contributed by atoms with Crippen LogP contribution in [-0.2, 0) is 0 Å². The van der Waals surface area contributed by atoms with Gasteiger partial charge in [-0.25, -0.2) is 0 Å². The van der Waals surface area contributed by atoms with E-state index in [-0.39, 0.29) is 0 Å². The van der Waals surface area contributed by atoms with E-state index in [4.69, 9.17) is 11.6 Å². The van der Waals surface area contributed by atoms with Gasteiger partial charge in [0, 0.05) is 24.2 Å². The van der Waals surface area contributed by atoms with Gasteiger partial charge in [-0.3, -0.25) is 4.90 Å². The fourth-order valence-corrected chi connectivity index (χ4v) is 3.23. The van der Waals surface area contributed by atoms with Crippen molar-refractivity contribution >= 4 is 11.6 Å². The van der Waals surface area contributed by atoms with Crippen molar-refractivity contribution in [1.82, 2.24) is 10.2 Å². The molecule has 2 nitrogen and oxygen atoms in total. The van der Waals surface area contributed by atoms with Crippen LogP contribution in [0.15, 0.2) is 24.3 Å². The molecule has 1 aliphatic rings. The molecule has 0 aliphatic carbocycles. The van der Waals surface area contributed by atoms with Crippen LogP contribution in [0.2, 0.25) is 5.02 Å². The summed E-state index contributed by atoms with van der Waals surface area (Å²) in [5.41, 5.74) is 1.74. The monoisotopic (exact) mass is 280 g/mol. The van der Waals surface area contributed by atoms with Crippen LogP contribution < -0.4 is 5.32 Å². The summed E-state index contributed by atoms with van der Waals surface area (Å²) in [5, 5.41) is 4.33. The Balaban J connectivity index is 2.04. The highest BCUT2D eigenvalue weighted by molar-refractivity contribution is 6.30. The SMILES string of the molecule is CCC1(CN(C)C(C)c2cccc(Cl)c2)CCNC1. The van der Waals surface area contributed by atoms with Gasteiger partial charge in [0.15, 0.2) is 0 Å². The minimum Gasteiger partial charge on any atom is -0.316 e. The number of nitrogens with zero attached hydrogens (tertiary/aromatic N) is 1. The van der Waals surface area contributed by atoms with Crippen LogP contribution in [0.5, 0.6) is 0 Å². The summed E-state index contributed by atoms with van der Waals surface area (Å²) in [6.07, 6.45) is 2.53. The molecule has 2 atom stereocenters. The maximum atomic E-state index is 6.09. The lowest BCUT2D eigenvalue weighted by molar-refractivity contribution is 0.150. The normalized spacial score (nSPS) is 24.9. The topological polar surface area (TPSA) is 15.3 Å². The molecule has 1 N–H and O–H groups in total. The van der Waals surface area contributed by atoms with Gasteiger partial charge in [-0.05, 0) is 56.5 Å². The van der Waals surface area contributed by atoms with Crippen LogP contribution in [0, 0.1) is 5.41 Å². The van der Waals surface area contributed by atoms with Gasteiger partial charge in [0.25, 0.3) is 0 Å². The third-order valence-corrected chi connectivity index (χ3v) is 4.89. The predicted molar refractivity (Wildman–Crippen MR) is 82.7 cm³/mol. The Labute approximate surface area is 122 Å². The van der Waals surface area contributed by atoms with Crippen molar-refractivity contribution in [2.24, 2.45) is 5.41 Å². The zero-order valence-electron chi connectivity index (χ0n) is 12.2. The lowest BCUT2D eigenvalue weighted by Crippen LogP contribution is -2.38. The summed E-state index contributed by atoms with van der Waals surface area (Å²) in [6.45, 7) is 8.02. The number of hydrogen-bond acceptors (Lipinski definition) is 2. The van der Waals surface area contributed by atoms with Crippen LogP contribution in [0.4, 0.5) is 0 Å². The highest BCUT2D eigenvalue weighted by atomic mass is 35.5. The summed E-state index contributed by atoms with van der Waals surface area (Å²) < 4.78 is 0. The molecule has 2 rings (SSSR count). The van der Waals surface area contributed by atoms with E-state index >= 15 is 0 Å². The second-order valence-corrected chi connectivity index (χ2v) is 6.36. The van der Waals surface area contributed by atoms with Crippen molar-refractivity contribution in [2.75, 3.05) is 26.7 Å². The zero-order valence-corrected chi connectivity index (χ0v) is 13.0. The molecular formula is C16H25ClN2. The molecule has 2 unspecified atom stereocenters. The summed E-state index contributed by atoms with van der Waals surface area (Å²) in [6, 6.07) is 8.62. The molecule has 1 aromatic carbocycles. The quantitative estimate of drug-likeness (QED) is 0.884. The van der Waals surface area contributed by atoms with Gasteiger partial charge in [-0.15, -0.1) is 0 Å². The van der Waals surface area contributed by atoms with E-state index in [1.54, 1.807) is 0 Å². The van der Waals surface area contributed by atoms with Crippen LogP contribution >= 0.6 is 11.6 Å². The third-order valence-electron chi connectivity index (χ3n) is 4.66. The standard InChI is InChI=1S/C16H25ClN2/c1-4-16(8-9-18-11-16)12-19(3)13(2)14-6-5-7-15(17)10-14/h5-7,10,13,18H,4,8-9,11-12H2,1-3H3. The van der Waals surface area contributed by atoms with Crippen LogP contribution in [-0.4, -0.2) is 31.6 Å². The molecule has 1 aliphatic heterocycles. The maximum absolute atomic E-state index is 6.09. The first kappa shape index (κ1) is 14.8. The van der Waals surface area contributed by atoms with Crippen LogP contribution in [0.3, 0.4) is 0 Å². The van der Waals surface area contributed by atoms with Gasteiger partial charge in [0.2, 0.25) is 0 Å². The molecule has 0 radical (unpaired) electrons. The predicted octanol–water partition coefficient (Wildman–Crippen LogP) is 3.72. The zero-order chi connectivity index (χ0) is 13.9. The van der Waals surface area contributed by atoms with Gasteiger partial charge < -0.3 is 5.32 Å². The second-order valence-electron chi connectivity index (χ2n) is 5.93. The Bertz CT molecular complexity index is 413. The maximum Gasteiger partial charge on any atom is 0.0409 e. The highest BCUT2D eigenvalue weighted by Crippen LogP contribution is 2.33. The lowest BCUT2D eigenvalue weighted by atomic mass is 9.83. The number of nitrogens with one attached hydrogen (secondary N) is 1. The van der Waals surface area contributed by atoms with E-state index in [9.17, 15) is 0 Å². The third kappa shape index (κ3) is 3.50. The van der Waals surface area contributed by atoms with Crippen molar-refractivity contribution in [1.29, 1.82) is 0 Å². The van der Waals surface area contributed by atoms with Gasteiger partial charge in [-0.1, -0.05) is 30.7 Å². The van der Waals surface area contributed by atoms with Crippen molar-refractivity contribution in [3.8, 4) is 0 Å². The molecule has 0 spiro atoms. The molecule has 1 saturated heterocycles. The Kier molecular flexibility index (Phi) is 4.88. The molecular weight excluding hydrogens is 256 g/mol. The van der Waals surface area contributed by atoms with Gasteiger partial charge in [0.05, 0.1) is 0 Å². The first-order valence-corrected chi connectivity index (χ1v) is 7.60. The molecule has 3 heteroatoms. The highest BCUT2D eigenvalue weighted by Gasteiger charge is 2.34. The van der Waals surface area contributed by atoms with E-state index in [0.717, 1.165) is 24.7 Å². The largest absolute Gasteiger partial charge is 0.316 e. The minimum atomic E-state index is 0.405. The molecule has 0 saturated carbocycles. The molecule has 19 heavy (non-hydrogen) atoms. The Morgan fingerprint density at radius 3 is 2.84 bits per heavy atom. The molecule has 1 fully saturated rings. The fraction of sp³-hybridized carbons (Fsp3) is 0.625. The Hall–Kier alpha value is -0.570. The molecule has 1 aromatic rings. The number of benzene rings is 1. The average molecular weight is 281 g/mol. The van der Waals surface area contributed by atoms with E-state index in [0.29, 0.717) is 11.5 Å². The first-order chi connectivity index (χ1) is 9.06. The van der Waals surface area contributed by atoms with E-state index in [1.165, 1.54) is 18.4 Å².